The highest BCUT2D eigenvalue weighted by atomic mass is 16.5. The maximum absolute atomic E-state index is 9.77. The number of hydrogen-bond acceptors (Lipinski definition) is 6. The molecular formula is C16H18N4O3. The van der Waals surface area contributed by atoms with E-state index >= 15 is 0 Å². The Hall–Kier alpha value is -2.80. The van der Waals surface area contributed by atoms with Crippen molar-refractivity contribution in [3.8, 4) is 22.8 Å². The van der Waals surface area contributed by atoms with Crippen LogP contribution in [0.25, 0.3) is 16.9 Å². The third-order valence-electron chi connectivity index (χ3n) is 3.48. The zero-order valence-corrected chi connectivity index (χ0v) is 13.0. The van der Waals surface area contributed by atoms with E-state index in [1.54, 1.807) is 37.7 Å². The van der Waals surface area contributed by atoms with Crippen molar-refractivity contribution in [3.63, 3.8) is 0 Å². The monoisotopic (exact) mass is 314 g/mol. The summed E-state index contributed by atoms with van der Waals surface area (Å²) in [6.45, 7) is 1.23. The minimum absolute atomic E-state index is 0.0931. The van der Waals surface area contributed by atoms with Crippen LogP contribution in [0.5, 0.6) is 11.5 Å². The van der Waals surface area contributed by atoms with Gasteiger partial charge in [-0.25, -0.2) is 4.98 Å². The number of imidazole rings is 1. The number of nitrogens with zero attached hydrogens (tertiary/aromatic N) is 3. The number of aromatic nitrogens is 3. The highest BCUT2D eigenvalue weighted by Gasteiger charge is 2.15. The Morgan fingerprint density at radius 2 is 2.17 bits per heavy atom. The molecule has 2 heterocycles. The van der Waals surface area contributed by atoms with E-state index in [9.17, 15) is 5.11 Å². The number of ether oxygens (including phenoxy) is 2. The number of nitrogens with one attached hydrogen (secondary N) is 1. The molecule has 2 aromatic heterocycles. The molecule has 3 aromatic rings. The summed E-state index contributed by atoms with van der Waals surface area (Å²) in [7, 11) is 3.18. The van der Waals surface area contributed by atoms with E-state index < -0.39 is 0 Å². The lowest BCUT2D eigenvalue weighted by Crippen LogP contribution is -2.10. The molecule has 0 radical (unpaired) electrons. The quantitative estimate of drug-likeness (QED) is 0.679. The molecule has 0 saturated carbocycles. The standard InChI is InChI=1S/C16H18N4O3/c1-22-8-6-18-16-15(19-14-10-17-5-7-20(14)16)11-3-4-12(21)13(9-11)23-2/h3-5,7,9-10,18,21H,6,8H2,1-2H3. The number of aromatic hydroxyl groups is 1. The van der Waals surface area contributed by atoms with Gasteiger partial charge in [-0.1, -0.05) is 0 Å². The van der Waals surface area contributed by atoms with Gasteiger partial charge in [-0.3, -0.25) is 9.38 Å². The van der Waals surface area contributed by atoms with E-state index in [-0.39, 0.29) is 5.75 Å². The molecule has 0 bridgehead atoms. The van der Waals surface area contributed by atoms with Crippen LogP contribution >= 0.6 is 0 Å². The Morgan fingerprint density at radius 3 is 2.96 bits per heavy atom. The molecule has 0 amide bonds. The molecule has 3 rings (SSSR count). The maximum Gasteiger partial charge on any atom is 0.161 e. The second-order valence-electron chi connectivity index (χ2n) is 4.92. The number of rotatable bonds is 6. The van der Waals surface area contributed by atoms with Crippen LogP contribution in [0.4, 0.5) is 5.82 Å². The summed E-state index contributed by atoms with van der Waals surface area (Å²) in [5, 5.41) is 13.1. The minimum Gasteiger partial charge on any atom is -0.504 e. The van der Waals surface area contributed by atoms with E-state index in [1.807, 2.05) is 10.6 Å². The zero-order valence-electron chi connectivity index (χ0n) is 13.0. The van der Waals surface area contributed by atoms with Crippen LogP contribution in [0, 0.1) is 0 Å². The van der Waals surface area contributed by atoms with Crippen LogP contribution in [0.15, 0.2) is 36.8 Å². The molecule has 0 aliphatic rings. The molecule has 0 atom stereocenters. The predicted octanol–water partition coefficient (Wildman–Crippen LogP) is 2.17. The van der Waals surface area contributed by atoms with Gasteiger partial charge >= 0.3 is 0 Å². The van der Waals surface area contributed by atoms with Crippen LogP contribution < -0.4 is 10.1 Å². The molecule has 0 aliphatic carbocycles. The average Bonchev–Trinajstić information content (AvgIpc) is 2.94. The maximum atomic E-state index is 9.77. The minimum atomic E-state index is 0.0931. The molecule has 0 unspecified atom stereocenters. The molecule has 7 nitrogen and oxygen atoms in total. The molecule has 1 aromatic carbocycles. The molecule has 0 fully saturated rings. The van der Waals surface area contributed by atoms with E-state index in [2.05, 4.69) is 15.3 Å². The van der Waals surface area contributed by atoms with E-state index in [0.717, 1.165) is 22.7 Å². The SMILES string of the molecule is COCCNc1c(-c2ccc(O)c(OC)c2)nc2cnccn12. The Kier molecular flexibility index (Phi) is 4.29. The summed E-state index contributed by atoms with van der Waals surface area (Å²) in [5.41, 5.74) is 2.32. The molecule has 7 heteroatoms. The van der Waals surface area contributed by atoms with Gasteiger partial charge in [0.2, 0.25) is 0 Å². The molecular weight excluding hydrogens is 296 g/mol. The first kappa shape index (κ1) is 15.1. The van der Waals surface area contributed by atoms with E-state index in [4.69, 9.17) is 9.47 Å². The summed E-state index contributed by atoms with van der Waals surface area (Å²) in [6, 6.07) is 5.15. The van der Waals surface area contributed by atoms with Gasteiger partial charge in [-0.2, -0.15) is 0 Å². The zero-order chi connectivity index (χ0) is 16.2. The molecule has 2 N–H and O–H groups in total. The van der Waals surface area contributed by atoms with Crippen molar-refractivity contribution in [1.82, 2.24) is 14.4 Å². The highest BCUT2D eigenvalue weighted by molar-refractivity contribution is 5.77. The Balaban J connectivity index is 2.10. The lowest BCUT2D eigenvalue weighted by molar-refractivity contribution is 0.210. The third-order valence-corrected chi connectivity index (χ3v) is 3.48. The number of benzene rings is 1. The second kappa shape index (κ2) is 6.53. The molecule has 0 aliphatic heterocycles. The fourth-order valence-corrected chi connectivity index (χ4v) is 2.37. The first-order valence-corrected chi connectivity index (χ1v) is 7.17. The first-order chi connectivity index (χ1) is 11.2. The van der Waals surface area contributed by atoms with Crippen LogP contribution in [0.1, 0.15) is 0 Å². The van der Waals surface area contributed by atoms with Gasteiger partial charge < -0.3 is 19.9 Å². The van der Waals surface area contributed by atoms with Gasteiger partial charge in [-0.15, -0.1) is 0 Å². The summed E-state index contributed by atoms with van der Waals surface area (Å²) < 4.78 is 12.2. The lowest BCUT2D eigenvalue weighted by atomic mass is 10.1. The third kappa shape index (κ3) is 2.91. The number of phenolic OH excluding ortho intramolecular Hbond substituents is 1. The molecule has 120 valence electrons. The number of hydrogen-bond donors (Lipinski definition) is 2. The van der Waals surface area contributed by atoms with Gasteiger partial charge in [0.25, 0.3) is 0 Å². The van der Waals surface area contributed by atoms with Crippen molar-refractivity contribution in [1.29, 1.82) is 0 Å². The Labute approximate surface area is 133 Å². The largest absolute Gasteiger partial charge is 0.504 e. The van der Waals surface area contributed by atoms with E-state index in [1.165, 1.54) is 7.11 Å². The first-order valence-electron chi connectivity index (χ1n) is 7.17. The van der Waals surface area contributed by atoms with Gasteiger partial charge in [0.05, 0.1) is 19.9 Å². The van der Waals surface area contributed by atoms with Crippen molar-refractivity contribution in [2.75, 3.05) is 32.7 Å². The predicted molar refractivity (Wildman–Crippen MR) is 87.0 cm³/mol. The summed E-state index contributed by atoms with van der Waals surface area (Å²) in [4.78, 5) is 8.73. The van der Waals surface area contributed by atoms with Gasteiger partial charge in [0.1, 0.15) is 11.5 Å². The number of anilines is 1. The molecule has 0 saturated heterocycles. The normalized spacial score (nSPS) is 10.9. The van der Waals surface area contributed by atoms with Gasteiger partial charge in [-0.05, 0) is 18.2 Å². The van der Waals surface area contributed by atoms with Gasteiger partial charge in [0, 0.05) is 31.6 Å². The summed E-state index contributed by atoms with van der Waals surface area (Å²) >= 11 is 0. The van der Waals surface area contributed by atoms with Crippen molar-refractivity contribution in [2.24, 2.45) is 0 Å². The highest BCUT2D eigenvalue weighted by Crippen LogP contribution is 2.34. The smallest absolute Gasteiger partial charge is 0.161 e. The van der Waals surface area contributed by atoms with E-state index in [0.29, 0.717) is 18.9 Å². The number of phenols is 1. The van der Waals surface area contributed by atoms with Gasteiger partial charge in [0.15, 0.2) is 17.1 Å². The van der Waals surface area contributed by atoms with Crippen molar-refractivity contribution >= 4 is 11.5 Å². The van der Waals surface area contributed by atoms with Crippen LogP contribution in [-0.4, -0.2) is 46.8 Å². The Bertz CT molecular complexity index is 816. The van der Waals surface area contributed by atoms with Crippen molar-refractivity contribution < 1.29 is 14.6 Å². The summed E-state index contributed by atoms with van der Waals surface area (Å²) in [6.07, 6.45) is 5.25. The van der Waals surface area contributed by atoms with Crippen LogP contribution in [-0.2, 0) is 4.74 Å². The molecule has 0 spiro atoms. The van der Waals surface area contributed by atoms with Crippen LogP contribution in [0.2, 0.25) is 0 Å². The lowest BCUT2D eigenvalue weighted by Gasteiger charge is -2.09. The van der Waals surface area contributed by atoms with Crippen molar-refractivity contribution in [3.05, 3.63) is 36.8 Å². The fourth-order valence-electron chi connectivity index (χ4n) is 2.37. The number of methoxy groups -OCH3 is 2. The topological polar surface area (TPSA) is 80.9 Å². The molecule has 23 heavy (non-hydrogen) atoms. The number of fused-ring (bicyclic) bond motifs is 1. The fraction of sp³-hybridized carbons (Fsp3) is 0.250. The average molecular weight is 314 g/mol. The van der Waals surface area contributed by atoms with Crippen LogP contribution in [0.3, 0.4) is 0 Å². The Morgan fingerprint density at radius 1 is 1.30 bits per heavy atom. The second-order valence-corrected chi connectivity index (χ2v) is 4.92. The summed E-state index contributed by atoms with van der Waals surface area (Å²) in [5.74, 6) is 1.34. The van der Waals surface area contributed by atoms with Crippen molar-refractivity contribution in [2.45, 2.75) is 0 Å².